The van der Waals surface area contributed by atoms with Gasteiger partial charge < -0.3 is 15.4 Å². The highest BCUT2D eigenvalue weighted by atomic mass is 32.2. The Bertz CT molecular complexity index is 1200. The predicted molar refractivity (Wildman–Crippen MR) is 179 cm³/mol. The zero-order chi connectivity index (χ0) is 33.7. The van der Waals surface area contributed by atoms with E-state index in [2.05, 4.69) is 20.9 Å². The van der Waals surface area contributed by atoms with Gasteiger partial charge in [-0.25, -0.2) is 0 Å². The van der Waals surface area contributed by atoms with E-state index < -0.39 is 11.8 Å². The zero-order valence-electron chi connectivity index (χ0n) is 28.6. The van der Waals surface area contributed by atoms with E-state index in [0.29, 0.717) is 11.4 Å². The molecule has 3 amide bonds. The third-order valence-corrected chi connectivity index (χ3v) is 6.27. The fourth-order valence-corrected chi connectivity index (χ4v) is 4.42. The Kier molecular flexibility index (Phi) is 22.1. The van der Waals surface area contributed by atoms with E-state index in [-0.39, 0.29) is 40.2 Å². The lowest BCUT2D eigenvalue weighted by Gasteiger charge is -2.16. The minimum atomic E-state index is -0.524. The number of aryl methyl sites for hydroxylation is 1. The third-order valence-electron chi connectivity index (χ3n) is 5.21. The van der Waals surface area contributed by atoms with Crippen LogP contribution in [0.5, 0.6) is 0 Å². The molecule has 0 bridgehead atoms. The number of imide groups is 1. The summed E-state index contributed by atoms with van der Waals surface area (Å²) in [5.74, 6) is -1.10. The number of hydrogen-bond acceptors (Lipinski definition) is 8. The molecule has 2 aromatic rings. The van der Waals surface area contributed by atoms with Gasteiger partial charge in [0.05, 0.1) is 18.2 Å². The minimum absolute atomic E-state index is 0.0998. The summed E-state index contributed by atoms with van der Waals surface area (Å²) >= 11 is 1.39. The standard InChI is InChI=1S/C25H29N5O4S.4C2H6/c1-14(2)13-30-24(32)17-11-12-18(35-16-9-7-15(3)8-10-16)20(19(17)25(30)33)28-29-21(22(31)26-4)23(27-5)34-6;4*1-2/h7-12,14,27H,13H2,1-6H3,(H,26,31);4*1-2H3/b23-21-,29-28?;;;;. The van der Waals surface area contributed by atoms with Crippen LogP contribution in [0.1, 0.15) is 95.5 Å². The number of nitrogens with one attached hydrogen (secondary N) is 2. The van der Waals surface area contributed by atoms with Crippen molar-refractivity contribution in [2.24, 2.45) is 16.1 Å². The molecule has 0 fully saturated rings. The van der Waals surface area contributed by atoms with Gasteiger partial charge in [0.2, 0.25) is 11.6 Å². The highest BCUT2D eigenvalue weighted by Gasteiger charge is 2.39. The van der Waals surface area contributed by atoms with E-state index in [1.807, 2.05) is 100 Å². The van der Waals surface area contributed by atoms with Crippen LogP contribution in [0.25, 0.3) is 0 Å². The molecular weight excluding hydrogens is 562 g/mol. The summed E-state index contributed by atoms with van der Waals surface area (Å²) in [5.41, 5.74) is 1.69. The fraction of sp³-hybridized carbons (Fsp3) is 0.485. The summed E-state index contributed by atoms with van der Waals surface area (Å²) in [6.45, 7) is 22.2. The number of nitrogens with zero attached hydrogens (tertiary/aromatic N) is 3. The molecule has 10 heteroatoms. The lowest BCUT2D eigenvalue weighted by molar-refractivity contribution is -0.117. The molecule has 1 heterocycles. The molecule has 9 nitrogen and oxygen atoms in total. The number of hydrogen-bond donors (Lipinski definition) is 2. The topological polar surface area (TPSA) is 112 Å². The highest BCUT2D eigenvalue weighted by molar-refractivity contribution is 7.99. The summed E-state index contributed by atoms with van der Waals surface area (Å²) in [6, 6.07) is 11.3. The van der Waals surface area contributed by atoms with Gasteiger partial charge in [-0.2, -0.15) is 0 Å². The molecule has 0 aliphatic carbocycles. The van der Waals surface area contributed by atoms with Crippen molar-refractivity contribution >= 4 is 35.2 Å². The van der Waals surface area contributed by atoms with Gasteiger partial charge in [0, 0.05) is 30.4 Å². The second-order valence-electron chi connectivity index (χ2n) is 8.28. The first-order valence-electron chi connectivity index (χ1n) is 15.1. The van der Waals surface area contributed by atoms with E-state index in [9.17, 15) is 14.4 Å². The average molecular weight is 616 g/mol. The molecule has 0 saturated carbocycles. The number of amides is 3. The molecule has 2 N–H and O–H groups in total. The maximum atomic E-state index is 13.4. The second kappa shape index (κ2) is 22.9. The van der Waals surface area contributed by atoms with Crippen molar-refractivity contribution in [2.75, 3.05) is 27.7 Å². The van der Waals surface area contributed by atoms with Crippen LogP contribution in [0, 0.1) is 12.8 Å². The highest BCUT2D eigenvalue weighted by Crippen LogP contribution is 2.42. The number of fused-ring (bicyclic) bond motifs is 1. The van der Waals surface area contributed by atoms with Crippen molar-refractivity contribution in [3.8, 4) is 0 Å². The van der Waals surface area contributed by atoms with Crippen molar-refractivity contribution in [3.63, 3.8) is 0 Å². The maximum absolute atomic E-state index is 13.4. The third kappa shape index (κ3) is 11.5. The first kappa shape index (κ1) is 41.5. The summed E-state index contributed by atoms with van der Waals surface area (Å²) in [6.07, 6.45) is 0. The Morgan fingerprint density at radius 2 is 1.44 bits per heavy atom. The number of carbonyl (C=O) groups excluding carboxylic acids is 3. The molecule has 0 saturated heterocycles. The van der Waals surface area contributed by atoms with Crippen LogP contribution in [0.4, 0.5) is 5.69 Å². The first-order chi connectivity index (χ1) is 20.7. The molecule has 3 rings (SSSR count). The quantitative estimate of drug-likeness (QED) is 0.127. The van der Waals surface area contributed by atoms with E-state index in [4.69, 9.17) is 4.74 Å². The van der Waals surface area contributed by atoms with Crippen molar-refractivity contribution in [1.82, 2.24) is 15.5 Å². The van der Waals surface area contributed by atoms with Gasteiger partial charge in [-0.15, -0.1) is 10.2 Å². The lowest BCUT2D eigenvalue weighted by Crippen LogP contribution is -2.33. The van der Waals surface area contributed by atoms with Gasteiger partial charge in [-0.1, -0.05) is 98.7 Å². The van der Waals surface area contributed by atoms with Crippen molar-refractivity contribution in [1.29, 1.82) is 0 Å². The number of benzene rings is 2. The number of rotatable bonds is 9. The first-order valence-corrected chi connectivity index (χ1v) is 15.9. The molecule has 1 aliphatic heterocycles. The molecule has 43 heavy (non-hydrogen) atoms. The van der Waals surface area contributed by atoms with Crippen molar-refractivity contribution in [2.45, 2.75) is 86.0 Å². The predicted octanol–water partition coefficient (Wildman–Crippen LogP) is 8.37. The normalized spacial score (nSPS) is 11.8. The van der Waals surface area contributed by atoms with Crippen LogP contribution in [-0.2, 0) is 9.53 Å². The van der Waals surface area contributed by atoms with Crippen LogP contribution < -0.4 is 10.6 Å². The molecule has 0 aromatic heterocycles. The van der Waals surface area contributed by atoms with E-state index >= 15 is 0 Å². The van der Waals surface area contributed by atoms with Gasteiger partial charge >= 0.3 is 0 Å². The van der Waals surface area contributed by atoms with Gasteiger partial charge in [0.25, 0.3) is 17.7 Å². The van der Waals surface area contributed by atoms with Crippen LogP contribution >= 0.6 is 11.8 Å². The Hall–Kier alpha value is -3.66. The second-order valence-corrected chi connectivity index (χ2v) is 9.39. The molecule has 240 valence electrons. The molecule has 0 radical (unpaired) electrons. The van der Waals surface area contributed by atoms with E-state index in [1.165, 1.54) is 30.8 Å². The van der Waals surface area contributed by atoms with Crippen LogP contribution in [-0.4, -0.2) is 50.4 Å². The monoisotopic (exact) mass is 615 g/mol. The number of ether oxygens (including phenoxy) is 1. The Labute approximate surface area is 264 Å². The fourth-order valence-electron chi connectivity index (χ4n) is 3.51. The Morgan fingerprint density at radius 3 is 1.91 bits per heavy atom. The SMILES string of the molecule is CC.CC.CC.CC.CNC(=O)/C(N=Nc1c(Sc2ccc(C)cc2)ccc2c1C(=O)N(CC(C)C)C2=O)=C(\NC)OC. The number of methoxy groups -OCH3 is 1. The summed E-state index contributed by atoms with van der Waals surface area (Å²) in [4.78, 5) is 41.6. The largest absolute Gasteiger partial charge is 0.481 e. The van der Waals surface area contributed by atoms with Gasteiger partial charge in [-0.05, 0) is 37.1 Å². The van der Waals surface area contributed by atoms with E-state index in [1.54, 1.807) is 19.2 Å². The lowest BCUT2D eigenvalue weighted by atomic mass is 10.1. The van der Waals surface area contributed by atoms with Crippen molar-refractivity contribution < 1.29 is 19.1 Å². The summed E-state index contributed by atoms with van der Waals surface area (Å²) in [5, 5.41) is 13.8. The molecule has 0 atom stereocenters. The summed E-state index contributed by atoms with van der Waals surface area (Å²) < 4.78 is 5.22. The number of azo groups is 1. The van der Waals surface area contributed by atoms with Gasteiger partial charge in [0.15, 0.2) is 0 Å². The Balaban J connectivity index is 0. The van der Waals surface area contributed by atoms with Crippen LogP contribution in [0.3, 0.4) is 0 Å². The zero-order valence-corrected chi connectivity index (χ0v) is 29.4. The minimum Gasteiger partial charge on any atom is -0.481 e. The Morgan fingerprint density at radius 1 is 0.884 bits per heavy atom. The maximum Gasteiger partial charge on any atom is 0.277 e. The van der Waals surface area contributed by atoms with Crippen LogP contribution in [0.15, 0.2) is 68.0 Å². The molecule has 0 unspecified atom stereocenters. The van der Waals surface area contributed by atoms with Gasteiger partial charge in [-0.3, -0.25) is 19.3 Å². The van der Waals surface area contributed by atoms with Crippen molar-refractivity contribution in [3.05, 3.63) is 64.7 Å². The molecular formula is C33H53N5O4S. The summed E-state index contributed by atoms with van der Waals surface area (Å²) in [7, 11) is 4.45. The van der Waals surface area contributed by atoms with Gasteiger partial charge in [0.1, 0.15) is 5.69 Å². The molecule has 0 spiro atoms. The average Bonchev–Trinajstić information content (AvgIpc) is 3.28. The van der Waals surface area contributed by atoms with E-state index in [0.717, 1.165) is 10.5 Å². The van der Waals surface area contributed by atoms with Crippen LogP contribution in [0.2, 0.25) is 0 Å². The molecule has 1 aliphatic rings. The number of carbonyl (C=O) groups is 3. The smallest absolute Gasteiger partial charge is 0.277 e. The molecule has 2 aromatic carbocycles. The number of likely N-dealkylation sites (N-methyl/N-ethyl adjacent to an activating group) is 1.